The van der Waals surface area contributed by atoms with E-state index in [1.807, 2.05) is 0 Å². The Morgan fingerprint density at radius 1 is 1.64 bits per heavy atom. The molecule has 0 heterocycles. The second kappa shape index (κ2) is 5.75. The number of aliphatic hydroxyl groups is 1. The molecule has 0 aromatic heterocycles. The SMILES string of the molecule is CCOC(=O)C#C[C@H](O)CC. The van der Waals surface area contributed by atoms with Crippen molar-refractivity contribution in [3.8, 4) is 11.8 Å². The number of esters is 1. The Labute approximate surface area is 66.4 Å². The predicted molar refractivity (Wildman–Crippen MR) is 40.7 cm³/mol. The van der Waals surface area contributed by atoms with Crippen LogP contribution in [0.25, 0.3) is 0 Å². The first kappa shape index (κ1) is 9.99. The lowest BCUT2D eigenvalue weighted by Gasteiger charge is -1.94. The zero-order valence-electron chi connectivity index (χ0n) is 6.76. The van der Waals surface area contributed by atoms with Crippen LogP contribution in [-0.4, -0.2) is 23.8 Å². The van der Waals surface area contributed by atoms with Gasteiger partial charge in [-0.1, -0.05) is 12.8 Å². The van der Waals surface area contributed by atoms with E-state index in [1.54, 1.807) is 13.8 Å². The summed E-state index contributed by atoms with van der Waals surface area (Å²) in [6, 6.07) is 0. The van der Waals surface area contributed by atoms with Gasteiger partial charge in [0.15, 0.2) is 0 Å². The van der Waals surface area contributed by atoms with Crippen LogP contribution in [0.4, 0.5) is 0 Å². The fourth-order valence-corrected chi connectivity index (χ4v) is 0.411. The number of hydrogen-bond donors (Lipinski definition) is 1. The highest BCUT2D eigenvalue weighted by atomic mass is 16.5. The lowest BCUT2D eigenvalue weighted by Crippen LogP contribution is -2.04. The van der Waals surface area contributed by atoms with Crippen LogP contribution in [0.15, 0.2) is 0 Å². The Hall–Kier alpha value is -1.01. The molecule has 11 heavy (non-hydrogen) atoms. The normalized spacial score (nSPS) is 11.2. The highest BCUT2D eigenvalue weighted by Gasteiger charge is 1.95. The van der Waals surface area contributed by atoms with E-state index in [2.05, 4.69) is 16.6 Å². The minimum atomic E-state index is -0.723. The Kier molecular flexibility index (Phi) is 5.22. The molecular weight excluding hydrogens is 144 g/mol. The molecule has 0 saturated carbocycles. The smallest absolute Gasteiger partial charge is 0.384 e. The van der Waals surface area contributed by atoms with E-state index >= 15 is 0 Å². The van der Waals surface area contributed by atoms with Crippen molar-refractivity contribution in [1.82, 2.24) is 0 Å². The van der Waals surface area contributed by atoms with E-state index in [0.717, 1.165) is 0 Å². The monoisotopic (exact) mass is 156 g/mol. The molecule has 0 aromatic carbocycles. The molecule has 0 aliphatic carbocycles. The fourth-order valence-electron chi connectivity index (χ4n) is 0.411. The van der Waals surface area contributed by atoms with Crippen molar-refractivity contribution in [3.63, 3.8) is 0 Å². The van der Waals surface area contributed by atoms with Gasteiger partial charge < -0.3 is 9.84 Å². The molecule has 62 valence electrons. The van der Waals surface area contributed by atoms with Crippen molar-refractivity contribution in [2.45, 2.75) is 26.4 Å². The molecule has 0 fully saturated rings. The second-order valence-electron chi connectivity index (χ2n) is 1.91. The number of hydrogen-bond acceptors (Lipinski definition) is 3. The molecule has 0 aromatic rings. The highest BCUT2D eigenvalue weighted by molar-refractivity contribution is 5.88. The quantitative estimate of drug-likeness (QED) is 0.356. The largest absolute Gasteiger partial charge is 0.456 e. The van der Waals surface area contributed by atoms with E-state index < -0.39 is 12.1 Å². The van der Waals surface area contributed by atoms with Gasteiger partial charge in [0.25, 0.3) is 0 Å². The summed E-state index contributed by atoms with van der Waals surface area (Å²) in [6.45, 7) is 3.80. The highest BCUT2D eigenvalue weighted by Crippen LogP contribution is 1.85. The average Bonchev–Trinajstić information content (AvgIpc) is 2.01. The van der Waals surface area contributed by atoms with Gasteiger partial charge in [-0.15, -0.1) is 0 Å². The summed E-state index contributed by atoms with van der Waals surface area (Å²) < 4.78 is 4.51. The lowest BCUT2D eigenvalue weighted by atomic mass is 10.3. The molecule has 0 aliphatic rings. The molecular formula is C8H12O3. The first-order valence-electron chi connectivity index (χ1n) is 3.57. The second-order valence-corrected chi connectivity index (χ2v) is 1.91. The molecule has 0 saturated heterocycles. The van der Waals surface area contributed by atoms with Gasteiger partial charge in [0, 0.05) is 5.92 Å². The Morgan fingerprint density at radius 2 is 2.27 bits per heavy atom. The van der Waals surface area contributed by atoms with Crippen molar-refractivity contribution in [2.75, 3.05) is 6.61 Å². The van der Waals surface area contributed by atoms with E-state index in [0.29, 0.717) is 13.0 Å². The Morgan fingerprint density at radius 3 is 2.73 bits per heavy atom. The maximum absolute atomic E-state index is 10.6. The fraction of sp³-hybridized carbons (Fsp3) is 0.625. The Bertz CT molecular complexity index is 176. The minimum Gasteiger partial charge on any atom is -0.456 e. The number of carbonyl (C=O) groups is 1. The van der Waals surface area contributed by atoms with Crippen molar-refractivity contribution in [1.29, 1.82) is 0 Å². The average molecular weight is 156 g/mol. The predicted octanol–water partition coefficient (Wildman–Crippen LogP) is 0.324. The molecule has 0 amide bonds. The van der Waals surface area contributed by atoms with Gasteiger partial charge in [-0.3, -0.25) is 0 Å². The molecule has 0 spiro atoms. The summed E-state index contributed by atoms with van der Waals surface area (Å²) in [5.41, 5.74) is 0. The van der Waals surface area contributed by atoms with Crippen LogP contribution in [0, 0.1) is 11.8 Å². The maximum Gasteiger partial charge on any atom is 0.384 e. The molecule has 3 heteroatoms. The topological polar surface area (TPSA) is 46.5 Å². The van der Waals surface area contributed by atoms with Crippen LogP contribution in [0.3, 0.4) is 0 Å². The van der Waals surface area contributed by atoms with Crippen LogP contribution in [0.5, 0.6) is 0 Å². The van der Waals surface area contributed by atoms with Crippen LogP contribution in [0.1, 0.15) is 20.3 Å². The zero-order chi connectivity index (χ0) is 8.69. The minimum absolute atomic E-state index is 0.315. The molecule has 0 radical (unpaired) electrons. The molecule has 0 rings (SSSR count). The zero-order valence-corrected chi connectivity index (χ0v) is 6.76. The van der Waals surface area contributed by atoms with Crippen molar-refractivity contribution in [2.24, 2.45) is 0 Å². The Balaban J connectivity index is 3.76. The van der Waals surface area contributed by atoms with Crippen LogP contribution in [-0.2, 0) is 9.53 Å². The first-order chi connectivity index (χ1) is 5.20. The summed E-state index contributed by atoms with van der Waals surface area (Å²) in [5.74, 6) is 3.94. The summed E-state index contributed by atoms with van der Waals surface area (Å²) in [6.07, 6.45) is -0.203. The van der Waals surface area contributed by atoms with Crippen molar-refractivity contribution >= 4 is 5.97 Å². The van der Waals surface area contributed by atoms with Crippen LogP contribution in [0.2, 0.25) is 0 Å². The molecule has 1 atom stereocenters. The summed E-state index contributed by atoms with van der Waals surface area (Å²) in [7, 11) is 0. The van der Waals surface area contributed by atoms with E-state index in [-0.39, 0.29) is 0 Å². The third-order valence-electron chi connectivity index (χ3n) is 1.00. The van der Waals surface area contributed by atoms with Gasteiger partial charge in [0.05, 0.1) is 6.61 Å². The van der Waals surface area contributed by atoms with Crippen LogP contribution < -0.4 is 0 Å². The molecule has 0 bridgehead atoms. The van der Waals surface area contributed by atoms with Gasteiger partial charge in [-0.2, -0.15) is 0 Å². The maximum atomic E-state index is 10.6. The number of ether oxygens (including phenoxy) is 1. The molecule has 0 unspecified atom stereocenters. The number of carbonyl (C=O) groups excluding carboxylic acids is 1. The van der Waals surface area contributed by atoms with Gasteiger partial charge in [0.2, 0.25) is 0 Å². The standard InChI is InChI=1S/C8H12O3/c1-3-7(9)5-6-8(10)11-4-2/h7,9H,3-4H2,1-2H3/t7-/m1/s1. The summed E-state index contributed by atoms with van der Waals surface area (Å²) in [4.78, 5) is 10.6. The van der Waals surface area contributed by atoms with Gasteiger partial charge in [-0.25, -0.2) is 4.79 Å². The first-order valence-corrected chi connectivity index (χ1v) is 3.57. The van der Waals surface area contributed by atoms with Gasteiger partial charge >= 0.3 is 5.97 Å². The van der Waals surface area contributed by atoms with Gasteiger partial charge in [0.1, 0.15) is 6.10 Å². The van der Waals surface area contributed by atoms with Crippen molar-refractivity contribution in [3.05, 3.63) is 0 Å². The third-order valence-corrected chi connectivity index (χ3v) is 1.00. The summed E-state index contributed by atoms with van der Waals surface area (Å²) >= 11 is 0. The molecule has 0 aliphatic heterocycles. The van der Waals surface area contributed by atoms with E-state index in [9.17, 15) is 4.79 Å². The van der Waals surface area contributed by atoms with Gasteiger partial charge in [-0.05, 0) is 13.3 Å². The third kappa shape index (κ3) is 5.43. The van der Waals surface area contributed by atoms with Crippen LogP contribution >= 0.6 is 0 Å². The number of aliphatic hydroxyl groups excluding tert-OH is 1. The molecule has 3 nitrogen and oxygen atoms in total. The van der Waals surface area contributed by atoms with Crippen molar-refractivity contribution < 1.29 is 14.6 Å². The molecule has 1 N–H and O–H groups in total. The summed E-state index contributed by atoms with van der Waals surface area (Å²) in [5, 5.41) is 8.89. The van der Waals surface area contributed by atoms with E-state index in [1.165, 1.54) is 0 Å². The lowest BCUT2D eigenvalue weighted by molar-refractivity contribution is -0.136. The van der Waals surface area contributed by atoms with E-state index in [4.69, 9.17) is 5.11 Å². The number of rotatable bonds is 2.